The number of benzene rings is 1. The molecule has 2 rings (SSSR count). The van der Waals surface area contributed by atoms with Gasteiger partial charge in [0.05, 0.1) is 0 Å². The highest BCUT2D eigenvalue weighted by molar-refractivity contribution is 5.89. The average molecular weight is 272 g/mol. The quantitative estimate of drug-likeness (QED) is 0.834. The Morgan fingerprint density at radius 1 is 1.30 bits per heavy atom. The van der Waals surface area contributed by atoms with Crippen molar-refractivity contribution in [3.63, 3.8) is 0 Å². The van der Waals surface area contributed by atoms with Crippen molar-refractivity contribution in [2.45, 2.75) is 45.4 Å². The molecule has 20 heavy (non-hydrogen) atoms. The maximum atomic E-state index is 11.2. The van der Waals surface area contributed by atoms with Crippen molar-refractivity contribution in [2.75, 3.05) is 0 Å². The molecule has 0 saturated heterocycles. The Morgan fingerprint density at radius 3 is 2.75 bits per heavy atom. The van der Waals surface area contributed by atoms with Crippen LogP contribution in [0.4, 0.5) is 0 Å². The molecule has 1 N–H and O–H groups in total. The zero-order valence-electron chi connectivity index (χ0n) is 11.8. The second-order valence-corrected chi connectivity index (χ2v) is 5.31. The van der Waals surface area contributed by atoms with E-state index in [9.17, 15) is 9.59 Å². The molecule has 0 heterocycles. The number of aliphatic carboxylic acids is 1. The Hall–Kier alpha value is -1.90. The summed E-state index contributed by atoms with van der Waals surface area (Å²) < 4.78 is 0. The van der Waals surface area contributed by atoms with Crippen molar-refractivity contribution in [2.24, 2.45) is 0 Å². The first kappa shape index (κ1) is 14.5. The number of allylic oxidation sites excluding steroid dienone is 2. The highest BCUT2D eigenvalue weighted by atomic mass is 16.4. The first-order chi connectivity index (χ1) is 9.63. The number of hydrogen-bond donors (Lipinski definition) is 1. The van der Waals surface area contributed by atoms with Crippen LogP contribution in [0.1, 0.15) is 48.8 Å². The van der Waals surface area contributed by atoms with Crippen LogP contribution >= 0.6 is 0 Å². The maximum absolute atomic E-state index is 11.2. The summed E-state index contributed by atoms with van der Waals surface area (Å²) in [5.41, 5.74) is 5.36. The first-order valence-electron chi connectivity index (χ1n) is 7.11. The van der Waals surface area contributed by atoms with Gasteiger partial charge in [-0.1, -0.05) is 18.2 Å². The van der Waals surface area contributed by atoms with Crippen LogP contribution in [0.25, 0.3) is 5.57 Å². The lowest BCUT2D eigenvalue weighted by Gasteiger charge is -2.20. The maximum Gasteiger partial charge on any atom is 0.303 e. The van der Waals surface area contributed by atoms with E-state index < -0.39 is 5.97 Å². The Kier molecular flexibility index (Phi) is 4.72. The molecule has 0 saturated carbocycles. The van der Waals surface area contributed by atoms with Crippen LogP contribution in [0.2, 0.25) is 0 Å². The Bertz CT molecular complexity index is 555. The Morgan fingerprint density at radius 2 is 2.05 bits per heavy atom. The molecule has 106 valence electrons. The van der Waals surface area contributed by atoms with Crippen LogP contribution in [0.3, 0.4) is 0 Å². The third-order valence-corrected chi connectivity index (χ3v) is 4.03. The lowest BCUT2D eigenvalue weighted by atomic mass is 9.84. The minimum Gasteiger partial charge on any atom is -0.481 e. The molecular formula is C17H20O3. The largest absolute Gasteiger partial charge is 0.481 e. The van der Waals surface area contributed by atoms with Gasteiger partial charge in [0.1, 0.15) is 6.29 Å². The van der Waals surface area contributed by atoms with E-state index in [1.807, 2.05) is 25.1 Å². The molecule has 0 amide bonds. The highest BCUT2D eigenvalue weighted by Crippen LogP contribution is 2.34. The predicted molar refractivity (Wildman–Crippen MR) is 78.6 cm³/mol. The monoisotopic (exact) mass is 272 g/mol. The minimum atomic E-state index is -0.778. The van der Waals surface area contributed by atoms with E-state index in [1.165, 1.54) is 0 Å². The van der Waals surface area contributed by atoms with E-state index in [-0.39, 0.29) is 6.42 Å². The summed E-state index contributed by atoms with van der Waals surface area (Å²) >= 11 is 0. The van der Waals surface area contributed by atoms with Crippen molar-refractivity contribution in [3.05, 3.63) is 40.5 Å². The molecule has 1 aliphatic carbocycles. The van der Waals surface area contributed by atoms with Gasteiger partial charge in [0.2, 0.25) is 0 Å². The molecule has 1 aromatic carbocycles. The standard InChI is InChI=1S/C17H20O3/c1-12-13(9-10-17(19)20)6-4-8-15(12)16-7-3-2-5-14(16)11-18/h4,6,8,11H,2-3,5,7,9-10H2,1H3,(H,19,20). The van der Waals surface area contributed by atoms with Gasteiger partial charge in [0, 0.05) is 6.42 Å². The molecule has 0 spiro atoms. The van der Waals surface area contributed by atoms with Crippen LogP contribution in [0.5, 0.6) is 0 Å². The number of aldehydes is 1. The third-order valence-electron chi connectivity index (χ3n) is 4.03. The number of hydrogen-bond acceptors (Lipinski definition) is 2. The summed E-state index contributed by atoms with van der Waals surface area (Å²) in [7, 11) is 0. The van der Waals surface area contributed by atoms with Gasteiger partial charge in [0.15, 0.2) is 0 Å². The van der Waals surface area contributed by atoms with Gasteiger partial charge in [-0.3, -0.25) is 9.59 Å². The van der Waals surface area contributed by atoms with Gasteiger partial charge in [0.25, 0.3) is 0 Å². The molecule has 0 radical (unpaired) electrons. The summed E-state index contributed by atoms with van der Waals surface area (Å²) in [5, 5.41) is 8.81. The molecule has 3 heteroatoms. The van der Waals surface area contributed by atoms with Crippen LogP contribution < -0.4 is 0 Å². The van der Waals surface area contributed by atoms with E-state index >= 15 is 0 Å². The fourth-order valence-corrected chi connectivity index (χ4v) is 2.89. The van der Waals surface area contributed by atoms with Crippen LogP contribution in [-0.2, 0) is 16.0 Å². The van der Waals surface area contributed by atoms with Crippen molar-refractivity contribution in [3.8, 4) is 0 Å². The lowest BCUT2D eigenvalue weighted by Crippen LogP contribution is -2.05. The second kappa shape index (κ2) is 6.51. The molecule has 0 aromatic heterocycles. The molecule has 1 aromatic rings. The fraction of sp³-hybridized carbons (Fsp3) is 0.412. The van der Waals surface area contributed by atoms with Gasteiger partial charge in [-0.15, -0.1) is 0 Å². The van der Waals surface area contributed by atoms with E-state index in [0.717, 1.165) is 59.8 Å². The zero-order valence-corrected chi connectivity index (χ0v) is 11.8. The smallest absolute Gasteiger partial charge is 0.303 e. The van der Waals surface area contributed by atoms with E-state index in [1.54, 1.807) is 0 Å². The van der Waals surface area contributed by atoms with Crippen molar-refractivity contribution in [1.82, 2.24) is 0 Å². The van der Waals surface area contributed by atoms with Crippen molar-refractivity contribution < 1.29 is 14.7 Å². The fourth-order valence-electron chi connectivity index (χ4n) is 2.89. The van der Waals surface area contributed by atoms with Gasteiger partial charge in [-0.2, -0.15) is 0 Å². The second-order valence-electron chi connectivity index (χ2n) is 5.31. The molecule has 0 fully saturated rings. The van der Waals surface area contributed by atoms with E-state index in [4.69, 9.17) is 5.11 Å². The van der Waals surface area contributed by atoms with Gasteiger partial charge in [-0.25, -0.2) is 0 Å². The van der Waals surface area contributed by atoms with Gasteiger partial charge in [-0.05, 0) is 66.9 Å². The minimum absolute atomic E-state index is 0.143. The number of carbonyl (C=O) groups excluding carboxylic acids is 1. The van der Waals surface area contributed by atoms with E-state index in [2.05, 4.69) is 0 Å². The molecule has 0 unspecified atom stereocenters. The Labute approximate surface area is 119 Å². The van der Waals surface area contributed by atoms with Crippen LogP contribution in [-0.4, -0.2) is 17.4 Å². The number of aryl methyl sites for hydroxylation is 1. The molecule has 3 nitrogen and oxygen atoms in total. The summed E-state index contributed by atoms with van der Waals surface area (Å²) in [6.07, 6.45) is 5.66. The summed E-state index contributed by atoms with van der Waals surface area (Å²) in [4.78, 5) is 21.9. The lowest BCUT2D eigenvalue weighted by molar-refractivity contribution is -0.136. The number of rotatable bonds is 5. The van der Waals surface area contributed by atoms with Gasteiger partial charge >= 0.3 is 5.97 Å². The van der Waals surface area contributed by atoms with Crippen LogP contribution in [0, 0.1) is 6.92 Å². The number of carboxylic acids is 1. The average Bonchev–Trinajstić information content (AvgIpc) is 2.46. The highest BCUT2D eigenvalue weighted by Gasteiger charge is 2.16. The normalized spacial score (nSPS) is 15.2. The molecule has 0 bridgehead atoms. The van der Waals surface area contributed by atoms with E-state index in [0.29, 0.717) is 6.42 Å². The van der Waals surface area contributed by atoms with Gasteiger partial charge < -0.3 is 5.11 Å². The molecular weight excluding hydrogens is 252 g/mol. The first-order valence-corrected chi connectivity index (χ1v) is 7.11. The SMILES string of the molecule is Cc1c(CCC(=O)O)cccc1C1=C(C=O)CCCC1. The Balaban J connectivity index is 2.37. The number of carboxylic acid groups (broad SMARTS) is 1. The molecule has 0 atom stereocenters. The van der Waals surface area contributed by atoms with Crippen molar-refractivity contribution in [1.29, 1.82) is 0 Å². The number of carbonyl (C=O) groups is 2. The van der Waals surface area contributed by atoms with Crippen LogP contribution in [0.15, 0.2) is 23.8 Å². The molecule has 0 aliphatic heterocycles. The third kappa shape index (κ3) is 3.16. The summed E-state index contributed by atoms with van der Waals surface area (Å²) in [6, 6.07) is 5.99. The topological polar surface area (TPSA) is 54.4 Å². The summed E-state index contributed by atoms with van der Waals surface area (Å²) in [6.45, 7) is 2.02. The summed E-state index contributed by atoms with van der Waals surface area (Å²) in [5.74, 6) is -0.778. The predicted octanol–water partition coefficient (Wildman–Crippen LogP) is 3.54. The zero-order chi connectivity index (χ0) is 14.5. The molecule has 1 aliphatic rings. The van der Waals surface area contributed by atoms with Crippen molar-refractivity contribution >= 4 is 17.8 Å².